The molecule has 50 valence electrons. The Labute approximate surface area is 58.0 Å². The summed E-state index contributed by atoms with van der Waals surface area (Å²) in [5.41, 5.74) is 0. The fourth-order valence-electron chi connectivity index (χ4n) is 0.238. The molecule has 1 amide bonds. The number of rotatable bonds is 1. The Morgan fingerprint density at radius 2 is 1.88 bits per heavy atom. The Bertz CT molecular complexity index is 92.4. The van der Waals surface area contributed by atoms with E-state index in [-0.39, 0.29) is 5.91 Å². The van der Waals surface area contributed by atoms with Crippen LogP contribution in [0.3, 0.4) is 0 Å². The van der Waals surface area contributed by atoms with Crippen molar-refractivity contribution in [1.29, 1.82) is 0 Å². The van der Waals surface area contributed by atoms with Crippen LogP contribution in [0.25, 0.3) is 0 Å². The minimum atomic E-state index is -0.988. The predicted octanol–water partition coefficient (Wildman–Crippen LogP) is 1.15. The number of hydrogen-bond acceptors (Lipinski definition) is 1. The van der Waals surface area contributed by atoms with Gasteiger partial charge in [-0.1, -0.05) is 0 Å². The van der Waals surface area contributed by atoms with Crippen molar-refractivity contribution in [2.75, 3.05) is 16.9 Å². The zero-order valence-electron chi connectivity index (χ0n) is 5.73. The number of nitrogens with zero attached hydrogens (tertiary/aromatic N) is 1. The zero-order valence-corrected chi connectivity index (χ0v) is 7.89. The first kappa shape index (κ1) is 8.20. The molecule has 0 aromatic heterocycles. The third-order valence-electron chi connectivity index (χ3n) is 0.941. The Hall–Kier alpha value is 0.200. The van der Waals surface area contributed by atoms with Crippen LogP contribution in [0.5, 0.6) is 0 Å². The first-order valence-electron chi connectivity index (χ1n) is 2.30. The van der Waals surface area contributed by atoms with Gasteiger partial charge in [0.15, 0.2) is 0 Å². The second kappa shape index (κ2) is 3.27. The van der Waals surface area contributed by atoms with Crippen LogP contribution in [0.2, 0.25) is 0 Å². The van der Waals surface area contributed by atoms with Crippen molar-refractivity contribution in [2.45, 2.75) is 6.92 Å². The molecule has 0 atom stereocenters. The summed E-state index contributed by atoms with van der Waals surface area (Å²) in [5.74, 6) is 0.195. The number of carbonyl (C=O) groups excluding carboxylic acids is 1. The summed E-state index contributed by atoms with van der Waals surface area (Å²) in [5, 5.41) is 0. The van der Waals surface area contributed by atoms with Crippen LogP contribution >= 0.6 is 20.1 Å². The SMILES string of the molecule is CC(=O)N(C)I(C)C. The molecule has 8 heavy (non-hydrogen) atoms. The average molecular weight is 229 g/mol. The Balaban J connectivity index is 3.64. The van der Waals surface area contributed by atoms with E-state index in [1.807, 2.05) is 10.2 Å². The van der Waals surface area contributed by atoms with Crippen molar-refractivity contribution in [1.82, 2.24) is 3.11 Å². The normalized spacial score (nSPS) is 10.8. The molecule has 0 aromatic rings. The molecule has 0 radical (unpaired) electrons. The molecule has 0 aromatic carbocycles. The van der Waals surface area contributed by atoms with Gasteiger partial charge in [-0.15, -0.1) is 0 Å². The molecule has 0 rings (SSSR count). The summed E-state index contributed by atoms with van der Waals surface area (Å²) < 4.78 is 1.85. The third-order valence-corrected chi connectivity index (χ3v) is 4.51. The summed E-state index contributed by atoms with van der Waals surface area (Å²) in [6.45, 7) is 1.61. The molecule has 0 aliphatic rings. The van der Waals surface area contributed by atoms with Crippen LogP contribution in [-0.2, 0) is 4.79 Å². The number of alkyl halides is 2. The standard InChI is InChI=1S/C5H12INO/c1-5(8)7(4)6(2)3/h1-4H3. The molecule has 0 saturated heterocycles. The molecule has 0 spiro atoms. The summed E-state index contributed by atoms with van der Waals surface area (Å²) >= 11 is -0.988. The van der Waals surface area contributed by atoms with Gasteiger partial charge in [-0.05, 0) is 0 Å². The predicted molar refractivity (Wildman–Crippen MR) is 44.3 cm³/mol. The summed E-state index contributed by atoms with van der Waals surface area (Å²) in [6, 6.07) is 0. The van der Waals surface area contributed by atoms with E-state index >= 15 is 0 Å². The minimum absolute atomic E-state index is 0.195. The Morgan fingerprint density at radius 3 is 1.88 bits per heavy atom. The molecular formula is C5H12INO. The van der Waals surface area contributed by atoms with Crippen molar-refractivity contribution in [3.8, 4) is 0 Å². The van der Waals surface area contributed by atoms with Crippen LogP contribution < -0.4 is 0 Å². The van der Waals surface area contributed by atoms with Crippen LogP contribution in [0.1, 0.15) is 6.92 Å². The topological polar surface area (TPSA) is 20.3 Å². The molecule has 0 heterocycles. The van der Waals surface area contributed by atoms with Gasteiger partial charge >= 0.3 is 57.7 Å². The van der Waals surface area contributed by atoms with E-state index in [0.29, 0.717) is 0 Å². The molecule has 0 fully saturated rings. The molecule has 3 heteroatoms. The van der Waals surface area contributed by atoms with Crippen molar-refractivity contribution in [2.24, 2.45) is 0 Å². The number of halogens is 1. The van der Waals surface area contributed by atoms with Crippen molar-refractivity contribution < 1.29 is 4.79 Å². The van der Waals surface area contributed by atoms with Crippen LogP contribution in [-0.4, -0.2) is 25.9 Å². The van der Waals surface area contributed by atoms with E-state index in [2.05, 4.69) is 9.86 Å². The van der Waals surface area contributed by atoms with Crippen molar-refractivity contribution in [3.63, 3.8) is 0 Å². The quantitative estimate of drug-likeness (QED) is 0.375. The molecule has 0 N–H and O–H groups in total. The van der Waals surface area contributed by atoms with E-state index in [1.165, 1.54) is 0 Å². The van der Waals surface area contributed by atoms with Gasteiger partial charge in [0, 0.05) is 0 Å². The Kier molecular flexibility index (Phi) is 3.35. The molecule has 0 bridgehead atoms. The van der Waals surface area contributed by atoms with E-state index in [4.69, 9.17) is 0 Å². The molecule has 0 saturated carbocycles. The maximum absolute atomic E-state index is 10.6. The molecular weight excluding hydrogens is 217 g/mol. The maximum atomic E-state index is 10.6. The molecule has 0 unspecified atom stereocenters. The fourth-order valence-corrected chi connectivity index (χ4v) is 1.60. The van der Waals surface area contributed by atoms with Crippen molar-refractivity contribution in [3.05, 3.63) is 0 Å². The fraction of sp³-hybridized carbons (Fsp3) is 0.800. The molecule has 0 aliphatic carbocycles. The van der Waals surface area contributed by atoms with Crippen molar-refractivity contribution >= 4 is 26.0 Å². The van der Waals surface area contributed by atoms with Crippen LogP contribution in [0, 0.1) is 0 Å². The summed E-state index contributed by atoms with van der Waals surface area (Å²) in [7, 11) is 1.87. The van der Waals surface area contributed by atoms with Gasteiger partial charge in [0.05, 0.1) is 0 Å². The summed E-state index contributed by atoms with van der Waals surface area (Å²) in [6.07, 6.45) is 0. The van der Waals surface area contributed by atoms with E-state index < -0.39 is 20.1 Å². The van der Waals surface area contributed by atoms with Gasteiger partial charge in [-0.3, -0.25) is 0 Å². The number of carbonyl (C=O) groups is 1. The monoisotopic (exact) mass is 229 g/mol. The first-order chi connectivity index (χ1) is 3.55. The van der Waals surface area contributed by atoms with Gasteiger partial charge in [0.25, 0.3) is 0 Å². The first-order valence-corrected chi connectivity index (χ1v) is 7.58. The van der Waals surface area contributed by atoms with Gasteiger partial charge < -0.3 is 0 Å². The van der Waals surface area contributed by atoms with Gasteiger partial charge in [-0.25, -0.2) is 0 Å². The number of amides is 1. The van der Waals surface area contributed by atoms with Gasteiger partial charge in [-0.2, -0.15) is 0 Å². The number of hydrogen-bond donors (Lipinski definition) is 0. The van der Waals surface area contributed by atoms with E-state index in [1.54, 1.807) is 6.92 Å². The van der Waals surface area contributed by atoms with Crippen LogP contribution in [0.15, 0.2) is 0 Å². The Morgan fingerprint density at radius 1 is 1.50 bits per heavy atom. The van der Waals surface area contributed by atoms with E-state index in [0.717, 1.165) is 0 Å². The molecule has 2 nitrogen and oxygen atoms in total. The van der Waals surface area contributed by atoms with E-state index in [9.17, 15) is 4.79 Å². The van der Waals surface area contributed by atoms with Crippen LogP contribution in [0.4, 0.5) is 0 Å². The zero-order chi connectivity index (χ0) is 6.73. The second-order valence-electron chi connectivity index (χ2n) is 1.71. The summed E-state index contributed by atoms with van der Waals surface area (Å²) in [4.78, 5) is 14.8. The third kappa shape index (κ3) is 2.49. The van der Waals surface area contributed by atoms with Gasteiger partial charge in [0.2, 0.25) is 0 Å². The molecule has 0 aliphatic heterocycles. The second-order valence-corrected chi connectivity index (χ2v) is 7.25. The average Bonchev–Trinajstić information content (AvgIpc) is 1.64. The van der Waals surface area contributed by atoms with Gasteiger partial charge in [0.1, 0.15) is 0 Å².